The summed E-state index contributed by atoms with van der Waals surface area (Å²) in [6.07, 6.45) is 7.63. The van der Waals surface area contributed by atoms with E-state index < -0.39 is 0 Å². The van der Waals surface area contributed by atoms with Gasteiger partial charge in [0.15, 0.2) is 0 Å². The fraction of sp³-hybridized carbons (Fsp3) is 0.531. The summed E-state index contributed by atoms with van der Waals surface area (Å²) in [6.45, 7) is 7.80. The van der Waals surface area contributed by atoms with Gasteiger partial charge >= 0.3 is 0 Å². The number of amidine groups is 1. The zero-order valence-corrected chi connectivity index (χ0v) is 23.7. The summed E-state index contributed by atoms with van der Waals surface area (Å²) in [4.78, 5) is 34.9. The Morgan fingerprint density at radius 1 is 1.02 bits per heavy atom. The molecular weight excluding hydrogens is 507 g/mol. The first-order chi connectivity index (χ1) is 19.4. The second-order valence-electron chi connectivity index (χ2n) is 11.6. The van der Waals surface area contributed by atoms with Gasteiger partial charge in [-0.25, -0.2) is 4.39 Å². The number of halogens is 1. The molecule has 0 aromatic heterocycles. The molecule has 0 atom stereocenters. The van der Waals surface area contributed by atoms with E-state index >= 15 is 0 Å². The minimum atomic E-state index is -0.384. The Morgan fingerprint density at radius 3 is 2.45 bits per heavy atom. The van der Waals surface area contributed by atoms with Gasteiger partial charge in [-0.1, -0.05) is 12.5 Å². The molecule has 0 unspecified atom stereocenters. The lowest BCUT2D eigenvalue weighted by atomic mass is 9.84. The third-order valence-electron chi connectivity index (χ3n) is 8.25. The van der Waals surface area contributed by atoms with Gasteiger partial charge in [0, 0.05) is 48.3 Å². The van der Waals surface area contributed by atoms with E-state index in [1.54, 1.807) is 0 Å². The largest absolute Gasteiger partial charge is 0.492 e. The van der Waals surface area contributed by atoms with Crippen LogP contribution < -0.4 is 15.0 Å². The van der Waals surface area contributed by atoms with Crippen molar-refractivity contribution >= 4 is 23.3 Å². The summed E-state index contributed by atoms with van der Waals surface area (Å²) in [5.74, 6) is 0.884. The van der Waals surface area contributed by atoms with Gasteiger partial charge in [-0.3, -0.25) is 14.5 Å². The fourth-order valence-electron chi connectivity index (χ4n) is 6.15. The molecule has 8 heteroatoms. The van der Waals surface area contributed by atoms with E-state index in [-0.39, 0.29) is 35.6 Å². The summed E-state index contributed by atoms with van der Waals surface area (Å²) < 4.78 is 19.6. The zero-order chi connectivity index (χ0) is 28.1. The molecule has 5 rings (SSSR count). The van der Waals surface area contributed by atoms with Crippen LogP contribution in [-0.4, -0.2) is 60.9 Å². The number of ether oxygens (including phenoxy) is 1. The molecule has 2 aliphatic heterocycles. The highest BCUT2D eigenvalue weighted by Crippen LogP contribution is 2.39. The molecule has 2 aromatic carbocycles. The fourth-order valence-corrected chi connectivity index (χ4v) is 6.15. The molecule has 40 heavy (non-hydrogen) atoms. The number of carbonyl (C=O) groups excluding carboxylic acids is 2. The number of aliphatic imine (C=N–C) groups is 1. The van der Waals surface area contributed by atoms with Gasteiger partial charge < -0.3 is 15.0 Å². The summed E-state index contributed by atoms with van der Waals surface area (Å²) >= 11 is 0. The number of anilines is 1. The molecule has 0 spiro atoms. The molecule has 3 aliphatic rings. The summed E-state index contributed by atoms with van der Waals surface area (Å²) in [7, 11) is 0. The highest BCUT2D eigenvalue weighted by atomic mass is 19.1. The van der Waals surface area contributed by atoms with Crippen LogP contribution in [0, 0.1) is 11.7 Å². The molecule has 0 radical (unpaired) electrons. The lowest BCUT2D eigenvalue weighted by molar-refractivity contribution is -0.126. The highest BCUT2D eigenvalue weighted by Gasteiger charge is 2.36. The van der Waals surface area contributed by atoms with Gasteiger partial charge in [0.1, 0.15) is 24.0 Å². The minimum Gasteiger partial charge on any atom is -0.492 e. The topological polar surface area (TPSA) is 74.2 Å². The van der Waals surface area contributed by atoms with Gasteiger partial charge in [-0.05, 0) is 101 Å². The number of likely N-dealkylation sites (tertiary alicyclic amines) is 1. The van der Waals surface area contributed by atoms with Crippen molar-refractivity contribution in [2.45, 2.75) is 77.3 Å². The molecule has 1 saturated carbocycles. The van der Waals surface area contributed by atoms with E-state index in [0.717, 1.165) is 62.3 Å². The Kier molecular flexibility index (Phi) is 9.15. The number of benzene rings is 2. The molecule has 2 fully saturated rings. The van der Waals surface area contributed by atoms with Crippen molar-refractivity contribution in [3.63, 3.8) is 0 Å². The first-order valence-corrected chi connectivity index (χ1v) is 14.8. The minimum absolute atomic E-state index is 0.00594. The van der Waals surface area contributed by atoms with Crippen LogP contribution in [0.4, 0.5) is 10.1 Å². The molecule has 1 saturated heterocycles. The molecule has 1 N–H and O–H groups in total. The van der Waals surface area contributed by atoms with E-state index in [1.807, 2.05) is 19.9 Å². The number of piperidine rings is 1. The number of rotatable bonds is 8. The Labute approximate surface area is 236 Å². The molecule has 2 heterocycles. The summed E-state index contributed by atoms with van der Waals surface area (Å²) in [6, 6.07) is 11.9. The van der Waals surface area contributed by atoms with Gasteiger partial charge in [0.25, 0.3) is 5.91 Å². The monoisotopic (exact) mass is 548 g/mol. The standard InChI is InChI=1S/C32H41FN4O3/c1-22(2)34-31(38)24-8-13-27(14-9-24)37-29-21-28(40-19-18-36-16-4-3-5-17-36)15-10-25(29)20-30(37)35-32(39)23-6-11-26(33)12-7-23/h6-7,10-12,15,21-22,24,27H,3-5,8-9,13-14,16-20H2,1-2H3,(H,34,38). The SMILES string of the molecule is CC(C)NC(=O)C1CCC(N2C(=NC(=O)c3ccc(F)cc3)Cc3ccc(OCCN4CCCCC4)cc32)CC1. The number of fused-ring (bicyclic) bond motifs is 1. The van der Waals surface area contributed by atoms with E-state index in [2.05, 4.69) is 32.2 Å². The molecule has 214 valence electrons. The van der Waals surface area contributed by atoms with E-state index in [1.165, 1.54) is 43.5 Å². The molecule has 2 amide bonds. The number of hydrogen-bond donors (Lipinski definition) is 1. The Bertz CT molecular complexity index is 1220. The van der Waals surface area contributed by atoms with Crippen molar-refractivity contribution in [3.8, 4) is 5.75 Å². The average molecular weight is 549 g/mol. The number of hydrogen-bond acceptors (Lipinski definition) is 4. The van der Waals surface area contributed by atoms with Gasteiger partial charge in [0.05, 0.1) is 0 Å². The quantitative estimate of drug-likeness (QED) is 0.480. The van der Waals surface area contributed by atoms with E-state index in [0.29, 0.717) is 24.4 Å². The molecule has 0 bridgehead atoms. The van der Waals surface area contributed by atoms with Crippen LogP contribution in [0.1, 0.15) is 74.7 Å². The summed E-state index contributed by atoms with van der Waals surface area (Å²) in [5.41, 5.74) is 2.49. The third-order valence-corrected chi connectivity index (χ3v) is 8.25. The first-order valence-electron chi connectivity index (χ1n) is 14.8. The van der Waals surface area contributed by atoms with Crippen molar-refractivity contribution in [2.75, 3.05) is 31.1 Å². The van der Waals surface area contributed by atoms with Crippen LogP contribution in [0.5, 0.6) is 5.75 Å². The van der Waals surface area contributed by atoms with Gasteiger partial charge in [-0.2, -0.15) is 4.99 Å². The van der Waals surface area contributed by atoms with Crippen LogP contribution in [0.2, 0.25) is 0 Å². The molecule has 7 nitrogen and oxygen atoms in total. The van der Waals surface area contributed by atoms with Gasteiger partial charge in [0.2, 0.25) is 5.91 Å². The van der Waals surface area contributed by atoms with Crippen LogP contribution in [-0.2, 0) is 11.2 Å². The van der Waals surface area contributed by atoms with Crippen molar-refractivity contribution in [2.24, 2.45) is 10.9 Å². The number of nitrogens with one attached hydrogen (secondary N) is 1. The van der Waals surface area contributed by atoms with Crippen molar-refractivity contribution in [3.05, 3.63) is 59.4 Å². The van der Waals surface area contributed by atoms with Gasteiger partial charge in [-0.15, -0.1) is 0 Å². The second kappa shape index (κ2) is 12.9. The summed E-state index contributed by atoms with van der Waals surface area (Å²) in [5, 5.41) is 3.05. The Balaban J connectivity index is 1.34. The van der Waals surface area contributed by atoms with Crippen LogP contribution >= 0.6 is 0 Å². The van der Waals surface area contributed by atoms with Crippen molar-refractivity contribution < 1.29 is 18.7 Å². The smallest absolute Gasteiger partial charge is 0.278 e. The van der Waals surface area contributed by atoms with E-state index in [4.69, 9.17) is 4.74 Å². The number of carbonyl (C=O) groups is 2. The second-order valence-corrected chi connectivity index (χ2v) is 11.6. The van der Waals surface area contributed by atoms with Crippen molar-refractivity contribution in [1.82, 2.24) is 10.2 Å². The van der Waals surface area contributed by atoms with Crippen LogP contribution in [0.25, 0.3) is 0 Å². The van der Waals surface area contributed by atoms with Crippen LogP contribution in [0.15, 0.2) is 47.5 Å². The zero-order valence-electron chi connectivity index (χ0n) is 23.7. The first kappa shape index (κ1) is 28.3. The molecule has 2 aromatic rings. The molecular formula is C32H41FN4O3. The maximum Gasteiger partial charge on any atom is 0.278 e. The number of nitrogens with zero attached hydrogens (tertiary/aromatic N) is 3. The predicted octanol–water partition coefficient (Wildman–Crippen LogP) is 5.38. The third kappa shape index (κ3) is 6.89. The lowest BCUT2D eigenvalue weighted by Gasteiger charge is -2.36. The normalized spacial score (nSPS) is 22.4. The Morgan fingerprint density at radius 2 is 1.75 bits per heavy atom. The lowest BCUT2D eigenvalue weighted by Crippen LogP contribution is -2.44. The Hall–Kier alpha value is -3.26. The van der Waals surface area contributed by atoms with E-state index in [9.17, 15) is 14.0 Å². The number of amides is 2. The highest BCUT2D eigenvalue weighted by molar-refractivity contribution is 6.12. The van der Waals surface area contributed by atoms with Crippen molar-refractivity contribution in [1.29, 1.82) is 0 Å². The average Bonchev–Trinajstić information content (AvgIpc) is 3.30. The van der Waals surface area contributed by atoms with Crippen LogP contribution in [0.3, 0.4) is 0 Å². The maximum absolute atomic E-state index is 13.4. The molecule has 1 aliphatic carbocycles. The predicted molar refractivity (Wildman–Crippen MR) is 156 cm³/mol. The maximum atomic E-state index is 13.4.